The number of hydrogen-bond acceptors (Lipinski definition) is 3. The number of nitrogens with one attached hydrogen (secondary N) is 1. The van der Waals surface area contributed by atoms with Crippen molar-refractivity contribution >= 4 is 16.9 Å². The largest absolute Gasteiger partial charge is 0.362 e. The van der Waals surface area contributed by atoms with Crippen molar-refractivity contribution in [1.82, 2.24) is 5.32 Å². The van der Waals surface area contributed by atoms with Crippen LogP contribution in [0, 0.1) is 11.3 Å². The number of thioether (sulfide) groups is 1. The molecule has 0 saturated heterocycles. The summed E-state index contributed by atoms with van der Waals surface area (Å²) in [5.41, 5.74) is 0.416. The minimum Gasteiger partial charge on any atom is -0.362 e. The fourth-order valence-electron chi connectivity index (χ4n) is 3.06. The van der Waals surface area contributed by atoms with E-state index in [1.54, 1.807) is 0 Å². The molecule has 1 aliphatic heterocycles. The zero-order valence-corrected chi connectivity index (χ0v) is 13.1. The van der Waals surface area contributed by atoms with E-state index >= 15 is 0 Å². The van der Waals surface area contributed by atoms with E-state index in [-0.39, 0.29) is 0 Å². The maximum Gasteiger partial charge on any atom is 0.157 e. The van der Waals surface area contributed by atoms with E-state index in [9.17, 15) is 0 Å². The summed E-state index contributed by atoms with van der Waals surface area (Å²) in [6.45, 7) is 10.3. The summed E-state index contributed by atoms with van der Waals surface area (Å²) in [7, 11) is 0. The highest BCUT2D eigenvalue weighted by atomic mass is 32.2. The fourth-order valence-corrected chi connectivity index (χ4v) is 4.51. The second kappa shape index (κ2) is 5.85. The molecule has 3 heteroatoms. The highest BCUT2D eigenvalue weighted by Gasteiger charge is 2.27. The molecule has 0 aromatic rings. The predicted octanol–water partition coefficient (Wildman–Crippen LogP) is 4.06. The van der Waals surface area contributed by atoms with Crippen molar-refractivity contribution in [2.24, 2.45) is 16.3 Å². The van der Waals surface area contributed by atoms with Crippen molar-refractivity contribution in [3.63, 3.8) is 0 Å². The van der Waals surface area contributed by atoms with Crippen LogP contribution in [0.1, 0.15) is 59.8 Å². The van der Waals surface area contributed by atoms with Gasteiger partial charge in [-0.15, -0.1) is 0 Å². The lowest BCUT2D eigenvalue weighted by Crippen LogP contribution is -2.35. The number of aliphatic imine (C=N–C) groups is 1. The Bertz CT molecular complexity index is 300. The second-order valence-electron chi connectivity index (χ2n) is 7.13. The second-order valence-corrected chi connectivity index (χ2v) is 8.42. The van der Waals surface area contributed by atoms with E-state index in [1.807, 2.05) is 11.8 Å². The van der Waals surface area contributed by atoms with Crippen LogP contribution in [0.4, 0.5) is 0 Å². The van der Waals surface area contributed by atoms with Crippen molar-refractivity contribution in [2.75, 3.05) is 6.54 Å². The molecule has 2 rings (SSSR count). The van der Waals surface area contributed by atoms with E-state index in [0.717, 1.165) is 12.5 Å². The molecule has 0 aromatic carbocycles. The Morgan fingerprint density at radius 3 is 2.61 bits per heavy atom. The van der Waals surface area contributed by atoms with Gasteiger partial charge < -0.3 is 5.32 Å². The predicted molar refractivity (Wildman–Crippen MR) is 82.3 cm³/mol. The minimum atomic E-state index is 0.416. The Hall–Kier alpha value is -0.180. The van der Waals surface area contributed by atoms with E-state index in [4.69, 9.17) is 0 Å². The molecule has 2 aliphatic rings. The molecule has 1 saturated carbocycles. The number of rotatable bonds is 3. The van der Waals surface area contributed by atoms with Crippen molar-refractivity contribution in [3.05, 3.63) is 0 Å². The molecule has 104 valence electrons. The van der Waals surface area contributed by atoms with Gasteiger partial charge in [0.25, 0.3) is 0 Å². The first-order valence-electron chi connectivity index (χ1n) is 7.42. The third-order valence-corrected chi connectivity index (χ3v) is 5.13. The lowest BCUT2D eigenvalue weighted by atomic mass is 9.90. The molecule has 1 heterocycles. The molecule has 0 spiro atoms. The Morgan fingerprint density at radius 1 is 1.33 bits per heavy atom. The standard InChI is InChI=1S/C15H28N2S/c1-11(12-7-5-6-8-12)17-14-16-10-13(18-14)9-15(2,3)4/h11-13H,5-10H2,1-4H3,(H,16,17). The van der Waals surface area contributed by atoms with Gasteiger partial charge in [-0.2, -0.15) is 0 Å². The lowest BCUT2D eigenvalue weighted by Gasteiger charge is -2.23. The molecule has 1 fully saturated rings. The molecular weight excluding hydrogens is 240 g/mol. The molecule has 0 bridgehead atoms. The van der Waals surface area contributed by atoms with Crippen LogP contribution in [0.3, 0.4) is 0 Å². The third-order valence-electron chi connectivity index (χ3n) is 4.01. The first kappa shape index (κ1) is 14.2. The number of amidine groups is 1. The molecule has 2 nitrogen and oxygen atoms in total. The van der Waals surface area contributed by atoms with E-state index in [1.165, 1.54) is 37.3 Å². The van der Waals surface area contributed by atoms with Gasteiger partial charge in [0, 0.05) is 11.3 Å². The van der Waals surface area contributed by atoms with Crippen LogP contribution < -0.4 is 5.32 Å². The molecule has 2 unspecified atom stereocenters. The van der Waals surface area contributed by atoms with Gasteiger partial charge in [-0.1, -0.05) is 45.4 Å². The number of nitrogens with zero attached hydrogens (tertiary/aromatic N) is 1. The lowest BCUT2D eigenvalue weighted by molar-refractivity contribution is 0.375. The normalized spacial score (nSPS) is 27.3. The van der Waals surface area contributed by atoms with Gasteiger partial charge in [-0.3, -0.25) is 4.99 Å². The summed E-state index contributed by atoms with van der Waals surface area (Å²) in [5, 5.41) is 5.53. The van der Waals surface area contributed by atoms with Crippen LogP contribution in [0.5, 0.6) is 0 Å². The molecule has 1 aliphatic carbocycles. The average Bonchev–Trinajstić information content (AvgIpc) is 2.86. The molecular formula is C15H28N2S. The van der Waals surface area contributed by atoms with Gasteiger partial charge in [-0.05, 0) is 37.5 Å². The molecule has 0 radical (unpaired) electrons. The first-order chi connectivity index (χ1) is 8.44. The van der Waals surface area contributed by atoms with Crippen LogP contribution in [0.15, 0.2) is 4.99 Å². The average molecular weight is 268 g/mol. The Kier molecular flexibility index (Phi) is 4.63. The van der Waals surface area contributed by atoms with Crippen molar-refractivity contribution in [2.45, 2.75) is 71.1 Å². The molecule has 0 amide bonds. The van der Waals surface area contributed by atoms with Gasteiger partial charge in [0.15, 0.2) is 5.17 Å². The fraction of sp³-hybridized carbons (Fsp3) is 0.933. The minimum absolute atomic E-state index is 0.416. The van der Waals surface area contributed by atoms with Gasteiger partial charge in [0.2, 0.25) is 0 Å². The summed E-state index contributed by atoms with van der Waals surface area (Å²) < 4.78 is 0. The Labute approximate surface area is 116 Å². The van der Waals surface area contributed by atoms with Crippen molar-refractivity contribution in [3.8, 4) is 0 Å². The molecule has 18 heavy (non-hydrogen) atoms. The first-order valence-corrected chi connectivity index (χ1v) is 8.30. The zero-order chi connectivity index (χ0) is 13.2. The molecule has 1 N–H and O–H groups in total. The Morgan fingerprint density at radius 2 is 2.00 bits per heavy atom. The van der Waals surface area contributed by atoms with Gasteiger partial charge in [-0.25, -0.2) is 0 Å². The van der Waals surface area contributed by atoms with Crippen LogP contribution in [-0.4, -0.2) is 23.0 Å². The highest BCUT2D eigenvalue weighted by Crippen LogP contribution is 2.33. The van der Waals surface area contributed by atoms with Crippen LogP contribution in [-0.2, 0) is 0 Å². The quantitative estimate of drug-likeness (QED) is 0.834. The van der Waals surface area contributed by atoms with E-state index in [0.29, 0.717) is 16.7 Å². The monoisotopic (exact) mass is 268 g/mol. The third kappa shape index (κ3) is 4.18. The molecule has 2 atom stereocenters. The van der Waals surface area contributed by atoms with Gasteiger partial charge in [0.05, 0.1) is 6.54 Å². The topological polar surface area (TPSA) is 24.4 Å². The van der Waals surface area contributed by atoms with E-state index < -0.39 is 0 Å². The van der Waals surface area contributed by atoms with E-state index in [2.05, 4.69) is 38.0 Å². The SMILES string of the molecule is CC(NC1=NCC(CC(C)(C)C)S1)C1CCCC1. The maximum atomic E-state index is 4.68. The van der Waals surface area contributed by atoms with Crippen molar-refractivity contribution < 1.29 is 0 Å². The molecule has 0 aromatic heterocycles. The maximum absolute atomic E-state index is 4.68. The summed E-state index contributed by atoms with van der Waals surface area (Å²) in [5.74, 6) is 0.870. The highest BCUT2D eigenvalue weighted by molar-refractivity contribution is 8.14. The Balaban J connectivity index is 1.75. The van der Waals surface area contributed by atoms with Crippen molar-refractivity contribution in [1.29, 1.82) is 0 Å². The summed E-state index contributed by atoms with van der Waals surface area (Å²) in [4.78, 5) is 4.68. The van der Waals surface area contributed by atoms with Gasteiger partial charge in [0.1, 0.15) is 0 Å². The van der Waals surface area contributed by atoms with Crippen LogP contribution in [0.2, 0.25) is 0 Å². The van der Waals surface area contributed by atoms with Gasteiger partial charge >= 0.3 is 0 Å². The van der Waals surface area contributed by atoms with Crippen LogP contribution in [0.25, 0.3) is 0 Å². The smallest absolute Gasteiger partial charge is 0.157 e. The summed E-state index contributed by atoms with van der Waals surface area (Å²) >= 11 is 1.96. The number of hydrogen-bond donors (Lipinski definition) is 1. The summed E-state index contributed by atoms with van der Waals surface area (Å²) in [6, 6.07) is 0.604. The zero-order valence-electron chi connectivity index (χ0n) is 12.3. The summed E-state index contributed by atoms with van der Waals surface area (Å²) in [6.07, 6.45) is 6.89. The van der Waals surface area contributed by atoms with Crippen LogP contribution >= 0.6 is 11.8 Å².